The molecule has 0 heterocycles. The summed E-state index contributed by atoms with van der Waals surface area (Å²) in [5.74, 6) is 1.71. The summed E-state index contributed by atoms with van der Waals surface area (Å²) in [4.78, 5) is 0. The zero-order valence-corrected chi connectivity index (χ0v) is 13.5. The number of rotatable bonds is 5. The topological polar surface area (TPSA) is 26.0 Å². The highest BCUT2D eigenvalue weighted by molar-refractivity contribution is 5.34. The molecule has 20 heavy (non-hydrogen) atoms. The second kappa shape index (κ2) is 7.26. The van der Waals surface area contributed by atoms with E-state index in [-0.39, 0.29) is 0 Å². The average molecular weight is 273 g/mol. The first-order chi connectivity index (χ1) is 9.61. The number of benzene rings is 1. The fourth-order valence-electron chi connectivity index (χ4n) is 3.89. The van der Waals surface area contributed by atoms with E-state index in [0.717, 1.165) is 18.3 Å². The van der Waals surface area contributed by atoms with Crippen molar-refractivity contribution in [1.29, 1.82) is 0 Å². The third-order valence-corrected chi connectivity index (χ3v) is 5.28. The molecule has 1 aromatic rings. The molecule has 1 unspecified atom stereocenters. The summed E-state index contributed by atoms with van der Waals surface area (Å²) in [6.07, 6.45) is 9.30. The summed E-state index contributed by atoms with van der Waals surface area (Å²) in [6.45, 7) is 6.74. The first kappa shape index (κ1) is 15.6. The molecule has 0 bridgehead atoms. The van der Waals surface area contributed by atoms with E-state index in [4.69, 9.17) is 5.73 Å². The SMILES string of the molecule is CCCC1CCC(C(N)Cc2c(C)cccc2C)CC1. The summed E-state index contributed by atoms with van der Waals surface area (Å²) in [6, 6.07) is 6.92. The molecule has 112 valence electrons. The molecule has 1 saturated carbocycles. The number of nitrogens with two attached hydrogens (primary N) is 1. The van der Waals surface area contributed by atoms with E-state index in [9.17, 15) is 0 Å². The lowest BCUT2D eigenvalue weighted by molar-refractivity contribution is 0.232. The van der Waals surface area contributed by atoms with Crippen molar-refractivity contribution in [2.45, 2.75) is 71.8 Å². The smallest absolute Gasteiger partial charge is 0.0108 e. The molecule has 2 N–H and O–H groups in total. The molecule has 2 rings (SSSR count). The van der Waals surface area contributed by atoms with Crippen LogP contribution in [0, 0.1) is 25.7 Å². The summed E-state index contributed by atoms with van der Waals surface area (Å²) in [7, 11) is 0. The second-order valence-corrected chi connectivity index (χ2v) is 6.81. The molecule has 1 nitrogen and oxygen atoms in total. The van der Waals surface area contributed by atoms with Gasteiger partial charge in [0.1, 0.15) is 0 Å². The molecular formula is C19H31N. The van der Waals surface area contributed by atoms with Gasteiger partial charge in [-0.05, 0) is 61.6 Å². The van der Waals surface area contributed by atoms with Gasteiger partial charge >= 0.3 is 0 Å². The van der Waals surface area contributed by atoms with E-state index in [1.54, 1.807) is 0 Å². The molecule has 1 fully saturated rings. The monoisotopic (exact) mass is 273 g/mol. The van der Waals surface area contributed by atoms with Crippen LogP contribution in [0.1, 0.15) is 62.1 Å². The predicted octanol–water partition coefficient (Wildman–Crippen LogP) is 4.78. The molecule has 1 atom stereocenters. The summed E-state index contributed by atoms with van der Waals surface area (Å²) < 4.78 is 0. The lowest BCUT2D eigenvalue weighted by Gasteiger charge is -2.32. The van der Waals surface area contributed by atoms with E-state index >= 15 is 0 Å². The first-order valence-corrected chi connectivity index (χ1v) is 8.42. The molecule has 1 aliphatic carbocycles. The Morgan fingerprint density at radius 2 is 1.70 bits per heavy atom. The van der Waals surface area contributed by atoms with Crippen molar-refractivity contribution in [3.05, 3.63) is 34.9 Å². The van der Waals surface area contributed by atoms with E-state index in [1.165, 1.54) is 55.2 Å². The molecule has 1 aliphatic rings. The van der Waals surface area contributed by atoms with Crippen LogP contribution >= 0.6 is 0 Å². The van der Waals surface area contributed by atoms with Crippen LogP contribution in [-0.4, -0.2) is 6.04 Å². The minimum Gasteiger partial charge on any atom is -0.327 e. The molecule has 0 saturated heterocycles. The van der Waals surface area contributed by atoms with Crippen LogP contribution in [0.15, 0.2) is 18.2 Å². The van der Waals surface area contributed by atoms with E-state index in [1.807, 2.05) is 0 Å². The molecule has 0 spiro atoms. The van der Waals surface area contributed by atoms with Crippen LogP contribution in [0.25, 0.3) is 0 Å². The largest absolute Gasteiger partial charge is 0.327 e. The Labute approximate surface area is 125 Å². The second-order valence-electron chi connectivity index (χ2n) is 6.81. The molecule has 1 heteroatoms. The fourth-order valence-corrected chi connectivity index (χ4v) is 3.89. The Balaban J connectivity index is 1.91. The van der Waals surface area contributed by atoms with Gasteiger partial charge in [-0.3, -0.25) is 0 Å². The third-order valence-electron chi connectivity index (χ3n) is 5.28. The minimum atomic E-state index is 0.345. The van der Waals surface area contributed by atoms with Gasteiger partial charge in [-0.25, -0.2) is 0 Å². The molecular weight excluding hydrogens is 242 g/mol. The van der Waals surface area contributed by atoms with Crippen LogP contribution in [-0.2, 0) is 6.42 Å². The molecule has 0 aromatic heterocycles. The molecule has 0 amide bonds. The minimum absolute atomic E-state index is 0.345. The average Bonchev–Trinajstić information content (AvgIpc) is 2.44. The van der Waals surface area contributed by atoms with Crippen LogP contribution < -0.4 is 5.73 Å². The summed E-state index contributed by atoms with van der Waals surface area (Å²) >= 11 is 0. The Bertz CT molecular complexity index is 396. The Kier molecular flexibility index (Phi) is 5.65. The van der Waals surface area contributed by atoms with Crippen molar-refractivity contribution in [3.63, 3.8) is 0 Å². The van der Waals surface area contributed by atoms with Gasteiger partial charge in [0, 0.05) is 6.04 Å². The van der Waals surface area contributed by atoms with Crippen LogP contribution in [0.4, 0.5) is 0 Å². The maximum absolute atomic E-state index is 6.54. The van der Waals surface area contributed by atoms with Gasteiger partial charge < -0.3 is 5.73 Å². The van der Waals surface area contributed by atoms with Crippen molar-refractivity contribution in [1.82, 2.24) is 0 Å². The van der Waals surface area contributed by atoms with Crippen molar-refractivity contribution in [2.24, 2.45) is 17.6 Å². The van der Waals surface area contributed by atoms with Gasteiger partial charge in [-0.1, -0.05) is 50.8 Å². The molecule has 1 aromatic carbocycles. The third kappa shape index (κ3) is 3.85. The van der Waals surface area contributed by atoms with Crippen LogP contribution in [0.2, 0.25) is 0 Å². The fraction of sp³-hybridized carbons (Fsp3) is 0.684. The number of aryl methyl sites for hydroxylation is 2. The maximum Gasteiger partial charge on any atom is 0.0108 e. The van der Waals surface area contributed by atoms with Crippen molar-refractivity contribution >= 4 is 0 Å². The van der Waals surface area contributed by atoms with Gasteiger partial charge in [-0.15, -0.1) is 0 Å². The van der Waals surface area contributed by atoms with Crippen molar-refractivity contribution < 1.29 is 0 Å². The van der Waals surface area contributed by atoms with E-state index in [2.05, 4.69) is 39.0 Å². The van der Waals surface area contributed by atoms with Crippen LogP contribution in [0.5, 0.6) is 0 Å². The summed E-state index contributed by atoms with van der Waals surface area (Å²) in [5, 5.41) is 0. The highest BCUT2D eigenvalue weighted by Crippen LogP contribution is 2.33. The highest BCUT2D eigenvalue weighted by atomic mass is 14.7. The van der Waals surface area contributed by atoms with E-state index in [0.29, 0.717) is 6.04 Å². The van der Waals surface area contributed by atoms with Gasteiger partial charge in [0.25, 0.3) is 0 Å². The summed E-state index contributed by atoms with van der Waals surface area (Å²) in [5.41, 5.74) is 10.8. The zero-order chi connectivity index (χ0) is 14.5. The standard InChI is InChI=1S/C19H31N/c1-4-6-16-9-11-17(12-10-16)19(20)13-18-14(2)7-5-8-15(18)3/h5,7-8,16-17,19H,4,6,9-13,20H2,1-3H3. The highest BCUT2D eigenvalue weighted by Gasteiger charge is 2.25. The number of hydrogen-bond donors (Lipinski definition) is 1. The van der Waals surface area contributed by atoms with Crippen molar-refractivity contribution in [3.8, 4) is 0 Å². The van der Waals surface area contributed by atoms with Crippen molar-refractivity contribution in [2.75, 3.05) is 0 Å². The Morgan fingerprint density at radius 3 is 2.25 bits per heavy atom. The quantitative estimate of drug-likeness (QED) is 0.821. The molecule has 0 aliphatic heterocycles. The Morgan fingerprint density at radius 1 is 1.10 bits per heavy atom. The van der Waals surface area contributed by atoms with E-state index < -0.39 is 0 Å². The van der Waals surface area contributed by atoms with Gasteiger partial charge in [0.05, 0.1) is 0 Å². The maximum atomic E-state index is 6.54. The predicted molar refractivity (Wildman–Crippen MR) is 88.0 cm³/mol. The molecule has 0 radical (unpaired) electrons. The van der Waals surface area contributed by atoms with Crippen LogP contribution in [0.3, 0.4) is 0 Å². The first-order valence-electron chi connectivity index (χ1n) is 8.42. The van der Waals surface area contributed by atoms with Gasteiger partial charge in [-0.2, -0.15) is 0 Å². The lowest BCUT2D eigenvalue weighted by atomic mass is 9.75. The normalized spacial score (nSPS) is 24.6. The van der Waals surface area contributed by atoms with Gasteiger partial charge in [0.2, 0.25) is 0 Å². The van der Waals surface area contributed by atoms with Gasteiger partial charge in [0.15, 0.2) is 0 Å². The Hall–Kier alpha value is -0.820. The zero-order valence-electron chi connectivity index (χ0n) is 13.5. The lowest BCUT2D eigenvalue weighted by Crippen LogP contribution is -2.35. The number of hydrogen-bond acceptors (Lipinski definition) is 1.